The number of hydrogen-bond donors (Lipinski definition) is 0. The molecule has 13 heavy (non-hydrogen) atoms. The molecule has 4 heteroatoms. The monoisotopic (exact) mass is 202 g/mol. The second kappa shape index (κ2) is 3.93. The van der Waals surface area contributed by atoms with Crippen LogP contribution < -0.4 is 0 Å². The smallest absolute Gasteiger partial charge is 0.165 e. The lowest BCUT2D eigenvalue weighted by atomic mass is 10.1. The van der Waals surface area contributed by atoms with Crippen molar-refractivity contribution < 1.29 is 13.2 Å². The van der Waals surface area contributed by atoms with Gasteiger partial charge in [0.25, 0.3) is 0 Å². The van der Waals surface area contributed by atoms with Gasteiger partial charge in [0.2, 0.25) is 0 Å². The van der Waals surface area contributed by atoms with Gasteiger partial charge < -0.3 is 0 Å². The van der Waals surface area contributed by atoms with Crippen LogP contribution in [0.25, 0.3) is 0 Å². The van der Waals surface area contributed by atoms with Crippen molar-refractivity contribution in [3.63, 3.8) is 0 Å². The zero-order valence-electron chi connectivity index (χ0n) is 8.34. The highest BCUT2D eigenvalue weighted by Crippen LogP contribution is 2.17. The molecular weight excluding hydrogens is 188 g/mol. The lowest BCUT2D eigenvalue weighted by molar-refractivity contribution is -0.119. The summed E-state index contributed by atoms with van der Waals surface area (Å²) >= 11 is 0. The molecule has 74 valence electrons. The molecule has 0 aliphatic carbocycles. The summed E-state index contributed by atoms with van der Waals surface area (Å²) in [6, 6.07) is 0. The van der Waals surface area contributed by atoms with Crippen LogP contribution in [0.4, 0.5) is 0 Å². The van der Waals surface area contributed by atoms with Gasteiger partial charge in [-0.15, -0.1) is 5.92 Å². The van der Waals surface area contributed by atoms with Crippen LogP contribution in [0.3, 0.4) is 0 Å². The molecular formula is C9H14O3S. The van der Waals surface area contributed by atoms with E-state index in [2.05, 4.69) is 11.8 Å². The Kier molecular flexibility index (Phi) is 3.68. The van der Waals surface area contributed by atoms with Gasteiger partial charge in [-0.25, -0.2) is 8.42 Å². The molecule has 0 bridgehead atoms. The van der Waals surface area contributed by atoms with E-state index in [-0.39, 0.29) is 12.2 Å². The lowest BCUT2D eigenvalue weighted by Crippen LogP contribution is -2.39. The van der Waals surface area contributed by atoms with E-state index in [1.807, 2.05) is 0 Å². The van der Waals surface area contributed by atoms with Crippen molar-refractivity contribution in [3.05, 3.63) is 0 Å². The predicted molar refractivity (Wildman–Crippen MR) is 52.0 cm³/mol. The molecule has 0 aliphatic heterocycles. The first-order valence-corrected chi connectivity index (χ1v) is 5.75. The van der Waals surface area contributed by atoms with Crippen molar-refractivity contribution in [2.24, 2.45) is 0 Å². The molecule has 0 spiro atoms. The van der Waals surface area contributed by atoms with E-state index in [0.29, 0.717) is 0 Å². The third kappa shape index (κ3) is 2.85. The van der Waals surface area contributed by atoms with E-state index < -0.39 is 14.6 Å². The van der Waals surface area contributed by atoms with E-state index in [9.17, 15) is 13.2 Å². The van der Waals surface area contributed by atoms with Gasteiger partial charge in [-0.3, -0.25) is 4.79 Å². The van der Waals surface area contributed by atoms with Crippen LogP contribution in [0.5, 0.6) is 0 Å². The average molecular weight is 202 g/mol. The molecule has 0 aliphatic rings. The first-order valence-electron chi connectivity index (χ1n) is 3.86. The van der Waals surface area contributed by atoms with Crippen molar-refractivity contribution in [2.45, 2.75) is 31.9 Å². The number of ketones is 1. The van der Waals surface area contributed by atoms with Crippen LogP contribution in [-0.2, 0) is 14.6 Å². The van der Waals surface area contributed by atoms with Crippen molar-refractivity contribution in [1.29, 1.82) is 0 Å². The topological polar surface area (TPSA) is 51.2 Å². The molecule has 0 amide bonds. The Morgan fingerprint density at radius 1 is 1.38 bits per heavy atom. The summed E-state index contributed by atoms with van der Waals surface area (Å²) in [5.41, 5.74) is 0. The number of carbonyl (C=O) groups is 1. The van der Waals surface area contributed by atoms with Crippen molar-refractivity contribution in [1.82, 2.24) is 0 Å². The molecule has 0 unspecified atom stereocenters. The van der Waals surface area contributed by atoms with Gasteiger partial charge in [-0.1, -0.05) is 5.92 Å². The summed E-state index contributed by atoms with van der Waals surface area (Å²) in [5, 5.41) is 0. The molecule has 0 fully saturated rings. The zero-order chi connectivity index (χ0) is 10.7. The SMILES string of the molecule is CC#CCC(=O)C(C)(C)S(C)(=O)=O. The molecule has 0 radical (unpaired) electrons. The average Bonchev–Trinajstić information content (AvgIpc) is 1.97. The van der Waals surface area contributed by atoms with Crippen molar-refractivity contribution in [3.8, 4) is 11.8 Å². The first kappa shape index (κ1) is 12.2. The number of hydrogen-bond acceptors (Lipinski definition) is 3. The second-order valence-corrected chi connectivity index (χ2v) is 5.87. The van der Waals surface area contributed by atoms with E-state index in [1.165, 1.54) is 13.8 Å². The minimum absolute atomic E-state index is 0.00340. The quantitative estimate of drug-likeness (QED) is 0.636. The van der Waals surface area contributed by atoms with Gasteiger partial charge in [0.1, 0.15) is 4.75 Å². The number of Topliss-reactive ketones (excluding diaryl/α,β-unsaturated/α-hetero) is 1. The Morgan fingerprint density at radius 2 is 1.85 bits per heavy atom. The fourth-order valence-electron chi connectivity index (χ4n) is 0.588. The van der Waals surface area contributed by atoms with Crippen molar-refractivity contribution >= 4 is 15.6 Å². The minimum atomic E-state index is -3.35. The molecule has 0 aromatic rings. The lowest BCUT2D eigenvalue weighted by Gasteiger charge is -2.19. The first-order chi connectivity index (χ1) is 5.73. The van der Waals surface area contributed by atoms with Crippen LogP contribution >= 0.6 is 0 Å². The number of sulfone groups is 1. The molecule has 0 saturated carbocycles. The van der Waals surface area contributed by atoms with Gasteiger partial charge in [0.05, 0.1) is 6.42 Å². The summed E-state index contributed by atoms with van der Waals surface area (Å²) in [4.78, 5) is 11.4. The largest absolute Gasteiger partial charge is 0.297 e. The normalized spacial score (nSPS) is 11.7. The van der Waals surface area contributed by atoms with Gasteiger partial charge >= 0.3 is 0 Å². The van der Waals surface area contributed by atoms with E-state index >= 15 is 0 Å². The predicted octanol–water partition coefficient (Wildman–Crippen LogP) is 0.792. The molecule has 3 nitrogen and oxygen atoms in total. The summed E-state index contributed by atoms with van der Waals surface area (Å²) in [6.07, 6.45) is 1.06. The Morgan fingerprint density at radius 3 is 2.15 bits per heavy atom. The Hall–Kier alpha value is -0.820. The highest BCUT2D eigenvalue weighted by Gasteiger charge is 2.37. The Balaban J connectivity index is 4.83. The van der Waals surface area contributed by atoms with Gasteiger partial charge in [0, 0.05) is 6.26 Å². The van der Waals surface area contributed by atoms with Crippen LogP contribution in [0, 0.1) is 11.8 Å². The third-order valence-electron chi connectivity index (χ3n) is 2.02. The molecule has 0 rings (SSSR count). The second-order valence-electron chi connectivity index (χ2n) is 3.31. The van der Waals surface area contributed by atoms with Gasteiger partial charge in [0.15, 0.2) is 15.6 Å². The molecule has 0 N–H and O–H groups in total. The van der Waals surface area contributed by atoms with E-state index in [1.54, 1.807) is 6.92 Å². The summed E-state index contributed by atoms with van der Waals surface area (Å²) < 4.78 is 21.1. The Bertz CT molecular complexity index is 352. The van der Waals surface area contributed by atoms with Crippen LogP contribution in [0.15, 0.2) is 0 Å². The van der Waals surface area contributed by atoms with Gasteiger partial charge in [-0.05, 0) is 20.8 Å². The fraction of sp³-hybridized carbons (Fsp3) is 0.667. The van der Waals surface area contributed by atoms with E-state index in [4.69, 9.17) is 0 Å². The van der Waals surface area contributed by atoms with Crippen LogP contribution in [0.2, 0.25) is 0 Å². The van der Waals surface area contributed by atoms with Crippen LogP contribution in [0.1, 0.15) is 27.2 Å². The molecule has 0 atom stereocenters. The summed E-state index contributed by atoms with van der Waals surface area (Å²) in [6.45, 7) is 4.42. The maximum absolute atomic E-state index is 11.4. The summed E-state index contributed by atoms with van der Waals surface area (Å²) in [7, 11) is -3.35. The Labute approximate surface area is 79.4 Å². The van der Waals surface area contributed by atoms with Gasteiger partial charge in [-0.2, -0.15) is 0 Å². The maximum Gasteiger partial charge on any atom is 0.165 e. The maximum atomic E-state index is 11.4. The minimum Gasteiger partial charge on any atom is -0.297 e. The molecule has 0 saturated heterocycles. The molecule has 0 aromatic heterocycles. The highest BCUT2D eigenvalue weighted by atomic mass is 32.2. The number of rotatable bonds is 3. The van der Waals surface area contributed by atoms with Crippen molar-refractivity contribution in [2.75, 3.05) is 6.26 Å². The third-order valence-corrected chi connectivity index (χ3v) is 4.11. The molecule has 0 aromatic carbocycles. The molecule has 0 heterocycles. The standard InChI is InChI=1S/C9H14O3S/c1-5-6-7-8(10)9(2,3)13(4,11)12/h7H2,1-4H3. The zero-order valence-corrected chi connectivity index (χ0v) is 9.16. The summed E-state index contributed by atoms with van der Waals surface area (Å²) in [5.74, 6) is 4.76. The fourth-order valence-corrected chi connectivity index (χ4v) is 1.07. The van der Waals surface area contributed by atoms with E-state index in [0.717, 1.165) is 6.26 Å². The number of carbonyl (C=O) groups excluding carboxylic acids is 1. The van der Waals surface area contributed by atoms with Crippen LogP contribution in [-0.4, -0.2) is 25.2 Å². The highest BCUT2D eigenvalue weighted by molar-refractivity contribution is 7.92.